The molecule has 0 aliphatic carbocycles. The van der Waals surface area contributed by atoms with Crippen LogP contribution in [-0.4, -0.2) is 26.5 Å². The average Bonchev–Trinajstić information content (AvgIpc) is 3.16. The Morgan fingerprint density at radius 3 is 2.24 bits per heavy atom. The molecule has 1 aromatic heterocycles. The van der Waals surface area contributed by atoms with Crippen molar-refractivity contribution >= 4 is 5.91 Å². The Balaban J connectivity index is 1.65. The minimum Gasteiger partial charge on any atom is -0.463 e. The summed E-state index contributed by atoms with van der Waals surface area (Å²) in [6, 6.07) is 21.7. The maximum Gasteiger partial charge on any atom is 0.251 e. The van der Waals surface area contributed by atoms with Crippen molar-refractivity contribution in [1.82, 2.24) is 5.32 Å². The molecule has 1 heterocycles. The number of benzene rings is 2. The Kier molecular flexibility index (Phi) is 5.31. The van der Waals surface area contributed by atoms with Crippen LogP contribution in [0.25, 0.3) is 11.1 Å². The Morgan fingerprint density at radius 2 is 1.64 bits per heavy atom. The molecule has 0 fully saturated rings. The third-order valence-electron chi connectivity index (χ3n) is 4.30. The van der Waals surface area contributed by atoms with Crippen LogP contribution in [0.4, 0.5) is 0 Å². The van der Waals surface area contributed by atoms with Gasteiger partial charge in [0.05, 0.1) is 26.9 Å². The van der Waals surface area contributed by atoms with Gasteiger partial charge in [-0.15, -0.1) is 0 Å². The topological polar surface area (TPSA) is 46.7 Å². The summed E-state index contributed by atoms with van der Waals surface area (Å²) in [6.45, 7) is 0.523. The molecule has 2 N–H and O–H groups in total. The summed E-state index contributed by atoms with van der Waals surface area (Å²) in [4.78, 5) is 13.6. The highest BCUT2D eigenvalue weighted by atomic mass is 16.3. The van der Waals surface area contributed by atoms with Gasteiger partial charge in [-0.1, -0.05) is 42.5 Å². The molecule has 0 bridgehead atoms. The van der Waals surface area contributed by atoms with Gasteiger partial charge in [0.25, 0.3) is 5.91 Å². The molecule has 0 saturated heterocycles. The first-order valence-corrected chi connectivity index (χ1v) is 8.42. The number of rotatable bonds is 6. The van der Waals surface area contributed by atoms with E-state index < -0.39 is 0 Å². The van der Waals surface area contributed by atoms with Crippen LogP contribution in [-0.2, 0) is 0 Å². The highest BCUT2D eigenvalue weighted by Crippen LogP contribution is 2.19. The second kappa shape index (κ2) is 7.81. The summed E-state index contributed by atoms with van der Waals surface area (Å²) in [5.41, 5.74) is 2.90. The fourth-order valence-electron chi connectivity index (χ4n) is 2.82. The number of hydrogen-bond donors (Lipinski definition) is 2. The van der Waals surface area contributed by atoms with E-state index in [1.54, 1.807) is 6.26 Å². The van der Waals surface area contributed by atoms with Gasteiger partial charge < -0.3 is 14.6 Å². The summed E-state index contributed by atoms with van der Waals surface area (Å²) in [6.07, 6.45) is 1.66. The molecule has 4 nitrogen and oxygen atoms in total. The number of carbonyl (C=O) groups is 1. The van der Waals surface area contributed by atoms with E-state index in [1.165, 1.54) is 4.90 Å². The SMILES string of the molecule is C[NH+](C)[C@H](CNC(=O)c1ccc(-c2ccccc2)cc1)c1ccco1. The first-order valence-electron chi connectivity index (χ1n) is 8.42. The molecule has 0 aliphatic heterocycles. The molecule has 4 heteroatoms. The molecular formula is C21H23N2O2+. The van der Waals surface area contributed by atoms with Gasteiger partial charge in [0, 0.05) is 5.56 Å². The number of likely N-dealkylation sites (N-methyl/N-ethyl adjacent to an activating group) is 1. The van der Waals surface area contributed by atoms with E-state index in [0.717, 1.165) is 16.9 Å². The van der Waals surface area contributed by atoms with E-state index in [2.05, 4.69) is 17.4 Å². The number of carbonyl (C=O) groups excluding carboxylic acids is 1. The fraction of sp³-hybridized carbons (Fsp3) is 0.190. The number of furan rings is 1. The van der Waals surface area contributed by atoms with E-state index in [0.29, 0.717) is 12.1 Å². The molecule has 0 aliphatic rings. The molecule has 0 saturated carbocycles. The minimum absolute atomic E-state index is 0.0718. The van der Waals surface area contributed by atoms with E-state index >= 15 is 0 Å². The van der Waals surface area contributed by atoms with Crippen molar-refractivity contribution in [3.05, 3.63) is 84.3 Å². The molecule has 3 rings (SSSR count). The monoisotopic (exact) mass is 335 g/mol. The van der Waals surface area contributed by atoms with Crippen molar-refractivity contribution in [2.45, 2.75) is 6.04 Å². The van der Waals surface area contributed by atoms with Crippen LogP contribution in [0.15, 0.2) is 77.4 Å². The fourth-order valence-corrected chi connectivity index (χ4v) is 2.82. The molecule has 1 atom stereocenters. The van der Waals surface area contributed by atoms with E-state index in [4.69, 9.17) is 4.42 Å². The van der Waals surface area contributed by atoms with Gasteiger partial charge in [-0.2, -0.15) is 0 Å². The third-order valence-corrected chi connectivity index (χ3v) is 4.30. The summed E-state index contributed by atoms with van der Waals surface area (Å²) in [5.74, 6) is 0.803. The van der Waals surface area contributed by atoms with Crippen LogP contribution in [0.5, 0.6) is 0 Å². The van der Waals surface area contributed by atoms with E-state index in [1.807, 2.05) is 68.7 Å². The Morgan fingerprint density at radius 1 is 0.960 bits per heavy atom. The molecule has 0 unspecified atom stereocenters. The Labute approximate surface area is 148 Å². The molecule has 128 valence electrons. The molecule has 3 aromatic rings. The lowest BCUT2D eigenvalue weighted by Crippen LogP contribution is -3.07. The van der Waals surface area contributed by atoms with Crippen LogP contribution in [0, 0.1) is 0 Å². The molecule has 1 amide bonds. The number of amides is 1. The van der Waals surface area contributed by atoms with Crippen molar-refractivity contribution in [3.8, 4) is 11.1 Å². The average molecular weight is 335 g/mol. The first kappa shape index (κ1) is 17.0. The predicted octanol–water partition coefficient (Wildman–Crippen LogP) is 2.56. The highest BCUT2D eigenvalue weighted by Gasteiger charge is 2.21. The number of hydrogen-bond acceptors (Lipinski definition) is 2. The normalized spacial score (nSPS) is 12.1. The zero-order chi connectivity index (χ0) is 17.6. The molecular weight excluding hydrogens is 312 g/mol. The maximum atomic E-state index is 12.4. The summed E-state index contributed by atoms with van der Waals surface area (Å²) >= 11 is 0. The molecule has 0 radical (unpaired) electrons. The Bertz CT molecular complexity index is 794. The minimum atomic E-state index is -0.0718. The Hall–Kier alpha value is -2.85. The van der Waals surface area contributed by atoms with Gasteiger partial charge in [0.15, 0.2) is 11.8 Å². The summed E-state index contributed by atoms with van der Waals surface area (Å²) in [7, 11) is 4.10. The van der Waals surface area contributed by atoms with Crippen LogP contribution in [0.3, 0.4) is 0 Å². The van der Waals surface area contributed by atoms with Crippen molar-refractivity contribution in [3.63, 3.8) is 0 Å². The van der Waals surface area contributed by atoms with Crippen molar-refractivity contribution in [2.24, 2.45) is 0 Å². The van der Waals surface area contributed by atoms with Gasteiger partial charge in [-0.25, -0.2) is 0 Å². The standard InChI is InChI=1S/C21H22N2O2/c1-23(2)19(20-9-6-14-25-20)15-22-21(24)18-12-10-17(11-13-18)16-7-4-3-5-8-16/h3-14,19H,15H2,1-2H3,(H,22,24)/p+1/t19-/m1/s1. The maximum absolute atomic E-state index is 12.4. The van der Waals surface area contributed by atoms with Crippen LogP contribution in [0.2, 0.25) is 0 Å². The zero-order valence-corrected chi connectivity index (χ0v) is 14.5. The third kappa shape index (κ3) is 4.17. The smallest absolute Gasteiger partial charge is 0.251 e. The lowest BCUT2D eigenvalue weighted by atomic mass is 10.0. The lowest BCUT2D eigenvalue weighted by molar-refractivity contribution is -0.891. The number of nitrogens with one attached hydrogen (secondary N) is 2. The van der Waals surface area contributed by atoms with Gasteiger partial charge in [-0.3, -0.25) is 4.79 Å². The molecule has 2 aromatic carbocycles. The van der Waals surface area contributed by atoms with E-state index in [9.17, 15) is 4.79 Å². The van der Waals surface area contributed by atoms with Gasteiger partial charge in [0.1, 0.15) is 0 Å². The van der Waals surface area contributed by atoms with Crippen molar-refractivity contribution < 1.29 is 14.1 Å². The highest BCUT2D eigenvalue weighted by molar-refractivity contribution is 5.94. The van der Waals surface area contributed by atoms with Crippen molar-refractivity contribution in [2.75, 3.05) is 20.6 Å². The van der Waals surface area contributed by atoms with Crippen LogP contribution < -0.4 is 10.2 Å². The van der Waals surface area contributed by atoms with Crippen molar-refractivity contribution in [1.29, 1.82) is 0 Å². The summed E-state index contributed by atoms with van der Waals surface area (Å²) < 4.78 is 5.49. The molecule has 25 heavy (non-hydrogen) atoms. The molecule has 0 spiro atoms. The second-order valence-corrected chi connectivity index (χ2v) is 6.30. The first-order chi connectivity index (χ1) is 12.1. The van der Waals surface area contributed by atoms with E-state index in [-0.39, 0.29) is 11.9 Å². The lowest BCUT2D eigenvalue weighted by Gasteiger charge is -2.19. The van der Waals surface area contributed by atoms with Crippen LogP contribution in [0.1, 0.15) is 22.2 Å². The predicted molar refractivity (Wildman–Crippen MR) is 98.5 cm³/mol. The van der Waals surface area contributed by atoms with Gasteiger partial charge >= 0.3 is 0 Å². The van der Waals surface area contributed by atoms with Crippen LogP contribution >= 0.6 is 0 Å². The van der Waals surface area contributed by atoms with Gasteiger partial charge in [0.2, 0.25) is 0 Å². The quantitative estimate of drug-likeness (QED) is 0.727. The summed E-state index contributed by atoms with van der Waals surface area (Å²) in [5, 5.41) is 3.01. The zero-order valence-electron chi connectivity index (χ0n) is 14.5. The second-order valence-electron chi connectivity index (χ2n) is 6.30. The number of quaternary nitrogens is 1. The largest absolute Gasteiger partial charge is 0.463 e. The van der Waals surface area contributed by atoms with Gasteiger partial charge in [-0.05, 0) is 35.4 Å².